The third-order valence-corrected chi connectivity index (χ3v) is 3.38. The van der Waals surface area contributed by atoms with Crippen LogP contribution in [0.15, 0.2) is 24.3 Å². The first-order valence-corrected chi connectivity index (χ1v) is 6.37. The van der Waals surface area contributed by atoms with Crippen LogP contribution in [0, 0.1) is 0 Å². The lowest BCUT2D eigenvalue weighted by molar-refractivity contribution is 0.0140. The Hall–Kier alpha value is -0.900. The number of hydrogen-bond acceptors (Lipinski definition) is 3. The Morgan fingerprint density at radius 3 is 3.00 bits per heavy atom. The molecule has 0 radical (unpaired) electrons. The van der Waals surface area contributed by atoms with Crippen molar-refractivity contribution in [2.24, 2.45) is 0 Å². The van der Waals surface area contributed by atoms with E-state index in [1.54, 1.807) is 0 Å². The first kappa shape index (κ1) is 12.6. The van der Waals surface area contributed by atoms with E-state index in [9.17, 15) is 0 Å². The average molecular weight is 235 g/mol. The maximum Gasteiger partial charge on any atom is 0.0954 e. The van der Waals surface area contributed by atoms with Gasteiger partial charge in [-0.15, -0.1) is 0 Å². The van der Waals surface area contributed by atoms with Crippen molar-refractivity contribution in [3.05, 3.63) is 35.4 Å². The maximum atomic E-state index is 9.01. The third kappa shape index (κ3) is 3.06. The normalized spacial score (nSPS) is 19.4. The molecule has 0 saturated heterocycles. The highest BCUT2D eigenvalue weighted by atomic mass is 16.5. The van der Waals surface area contributed by atoms with E-state index < -0.39 is 0 Å². The summed E-state index contributed by atoms with van der Waals surface area (Å²) in [5, 5.41) is 9.01. The second kappa shape index (κ2) is 6.15. The molecule has 3 heteroatoms. The molecular weight excluding hydrogens is 214 g/mol. The average Bonchev–Trinajstić information content (AvgIpc) is 2.38. The third-order valence-electron chi connectivity index (χ3n) is 3.38. The predicted molar refractivity (Wildman–Crippen MR) is 68.0 cm³/mol. The molecule has 1 unspecified atom stereocenters. The first-order chi connectivity index (χ1) is 8.35. The van der Waals surface area contributed by atoms with Gasteiger partial charge in [-0.3, -0.25) is 4.90 Å². The molecule has 3 nitrogen and oxygen atoms in total. The fourth-order valence-electron chi connectivity index (χ4n) is 2.38. The van der Waals surface area contributed by atoms with Crippen molar-refractivity contribution in [3.63, 3.8) is 0 Å². The molecule has 0 aliphatic carbocycles. The molecule has 1 atom stereocenters. The van der Waals surface area contributed by atoms with Gasteiger partial charge in [0.1, 0.15) is 0 Å². The van der Waals surface area contributed by atoms with E-state index in [4.69, 9.17) is 9.84 Å². The SMILES string of the molecule is CCN(CCO)CC1OCCc2ccccc21. The Morgan fingerprint density at radius 1 is 1.41 bits per heavy atom. The van der Waals surface area contributed by atoms with Gasteiger partial charge >= 0.3 is 0 Å². The number of benzene rings is 1. The quantitative estimate of drug-likeness (QED) is 0.841. The Kier molecular flexibility index (Phi) is 4.54. The van der Waals surface area contributed by atoms with Crippen LogP contribution < -0.4 is 0 Å². The molecule has 1 heterocycles. The van der Waals surface area contributed by atoms with Crippen molar-refractivity contribution < 1.29 is 9.84 Å². The minimum atomic E-state index is 0.159. The molecule has 2 rings (SSSR count). The van der Waals surface area contributed by atoms with Crippen molar-refractivity contribution >= 4 is 0 Å². The highest BCUT2D eigenvalue weighted by Gasteiger charge is 2.22. The summed E-state index contributed by atoms with van der Waals surface area (Å²) >= 11 is 0. The second-order valence-corrected chi connectivity index (χ2v) is 4.43. The zero-order valence-electron chi connectivity index (χ0n) is 10.4. The van der Waals surface area contributed by atoms with Gasteiger partial charge in [0, 0.05) is 13.1 Å². The van der Waals surface area contributed by atoms with Crippen molar-refractivity contribution in [2.75, 3.05) is 32.8 Å². The van der Waals surface area contributed by atoms with E-state index in [1.165, 1.54) is 11.1 Å². The number of hydrogen-bond donors (Lipinski definition) is 1. The van der Waals surface area contributed by atoms with Crippen LogP contribution in [-0.4, -0.2) is 42.9 Å². The molecule has 1 aromatic rings. The molecular formula is C14H21NO2. The van der Waals surface area contributed by atoms with Crippen LogP contribution in [0.2, 0.25) is 0 Å². The Bertz CT molecular complexity index is 354. The van der Waals surface area contributed by atoms with Crippen LogP contribution in [0.4, 0.5) is 0 Å². The topological polar surface area (TPSA) is 32.7 Å². The molecule has 1 aliphatic rings. The zero-order valence-corrected chi connectivity index (χ0v) is 10.4. The van der Waals surface area contributed by atoms with Gasteiger partial charge < -0.3 is 9.84 Å². The lowest BCUT2D eigenvalue weighted by Crippen LogP contribution is -2.33. The fourth-order valence-corrected chi connectivity index (χ4v) is 2.38. The van der Waals surface area contributed by atoms with Gasteiger partial charge in [0.05, 0.1) is 19.3 Å². The maximum absolute atomic E-state index is 9.01. The fraction of sp³-hybridized carbons (Fsp3) is 0.571. The summed E-state index contributed by atoms with van der Waals surface area (Å²) in [4.78, 5) is 2.23. The highest BCUT2D eigenvalue weighted by molar-refractivity contribution is 5.31. The lowest BCUT2D eigenvalue weighted by atomic mass is 9.97. The molecule has 0 amide bonds. The molecule has 0 aromatic heterocycles. The molecule has 0 fully saturated rings. The van der Waals surface area contributed by atoms with Gasteiger partial charge in [0.25, 0.3) is 0 Å². The number of aliphatic hydroxyl groups is 1. The highest BCUT2D eigenvalue weighted by Crippen LogP contribution is 2.27. The molecule has 0 spiro atoms. The largest absolute Gasteiger partial charge is 0.395 e. The van der Waals surface area contributed by atoms with E-state index in [2.05, 4.69) is 36.1 Å². The lowest BCUT2D eigenvalue weighted by Gasteiger charge is -2.30. The van der Waals surface area contributed by atoms with Crippen molar-refractivity contribution in [1.82, 2.24) is 4.90 Å². The Morgan fingerprint density at radius 2 is 2.24 bits per heavy atom. The van der Waals surface area contributed by atoms with E-state index in [0.29, 0.717) is 0 Å². The van der Waals surface area contributed by atoms with Gasteiger partial charge in [0.2, 0.25) is 0 Å². The standard InChI is InChI=1S/C14H21NO2/c1-2-15(8-9-16)11-14-13-6-4-3-5-12(13)7-10-17-14/h3-6,14,16H,2,7-11H2,1H3. The summed E-state index contributed by atoms with van der Waals surface area (Å²) in [7, 11) is 0. The number of nitrogens with zero attached hydrogens (tertiary/aromatic N) is 1. The Balaban J connectivity index is 2.07. The summed E-state index contributed by atoms with van der Waals surface area (Å²) in [5.74, 6) is 0. The number of rotatable bonds is 5. The number of ether oxygens (including phenoxy) is 1. The van der Waals surface area contributed by atoms with Crippen LogP contribution in [-0.2, 0) is 11.2 Å². The molecule has 1 N–H and O–H groups in total. The van der Waals surface area contributed by atoms with E-state index in [0.717, 1.165) is 32.7 Å². The smallest absolute Gasteiger partial charge is 0.0954 e. The first-order valence-electron chi connectivity index (χ1n) is 6.37. The summed E-state index contributed by atoms with van der Waals surface area (Å²) < 4.78 is 5.86. The van der Waals surface area contributed by atoms with Gasteiger partial charge in [-0.05, 0) is 24.1 Å². The number of likely N-dealkylation sites (N-methyl/N-ethyl adjacent to an activating group) is 1. The van der Waals surface area contributed by atoms with Crippen molar-refractivity contribution in [3.8, 4) is 0 Å². The summed E-state index contributed by atoms with van der Waals surface area (Å²) in [6.07, 6.45) is 1.17. The van der Waals surface area contributed by atoms with Gasteiger partial charge in [-0.2, -0.15) is 0 Å². The predicted octanol–water partition coefficient (Wildman–Crippen LogP) is 1.61. The van der Waals surface area contributed by atoms with Crippen LogP contribution in [0.1, 0.15) is 24.2 Å². The van der Waals surface area contributed by atoms with Gasteiger partial charge in [0.15, 0.2) is 0 Å². The summed E-state index contributed by atoms with van der Waals surface area (Å²) in [6, 6.07) is 8.51. The van der Waals surface area contributed by atoms with E-state index in [1.807, 2.05) is 0 Å². The molecule has 0 saturated carbocycles. The van der Waals surface area contributed by atoms with Crippen molar-refractivity contribution in [1.29, 1.82) is 0 Å². The monoisotopic (exact) mass is 235 g/mol. The molecule has 1 aromatic carbocycles. The van der Waals surface area contributed by atoms with Gasteiger partial charge in [-0.1, -0.05) is 31.2 Å². The summed E-state index contributed by atoms with van der Waals surface area (Å²) in [6.45, 7) is 5.67. The van der Waals surface area contributed by atoms with Crippen molar-refractivity contribution in [2.45, 2.75) is 19.4 Å². The molecule has 1 aliphatic heterocycles. The van der Waals surface area contributed by atoms with Gasteiger partial charge in [-0.25, -0.2) is 0 Å². The molecule has 94 valence electrons. The molecule has 17 heavy (non-hydrogen) atoms. The van der Waals surface area contributed by atoms with Crippen LogP contribution in [0.25, 0.3) is 0 Å². The number of fused-ring (bicyclic) bond motifs is 1. The number of aliphatic hydroxyl groups excluding tert-OH is 1. The van der Waals surface area contributed by atoms with Crippen LogP contribution in [0.5, 0.6) is 0 Å². The van der Waals surface area contributed by atoms with Crippen LogP contribution >= 0.6 is 0 Å². The van der Waals surface area contributed by atoms with E-state index in [-0.39, 0.29) is 12.7 Å². The van der Waals surface area contributed by atoms with Crippen LogP contribution in [0.3, 0.4) is 0 Å². The van der Waals surface area contributed by atoms with E-state index >= 15 is 0 Å². The second-order valence-electron chi connectivity index (χ2n) is 4.43. The minimum absolute atomic E-state index is 0.159. The summed E-state index contributed by atoms with van der Waals surface area (Å²) in [5.41, 5.74) is 2.72. The Labute approximate surface area is 103 Å². The zero-order chi connectivity index (χ0) is 12.1. The molecule has 0 bridgehead atoms. The minimum Gasteiger partial charge on any atom is -0.395 e.